The normalized spacial score (nSPS) is 19.1. The third kappa shape index (κ3) is 3.18. The number of hydrogen-bond donors (Lipinski definition) is 2. The van der Waals surface area contributed by atoms with Gasteiger partial charge in [0.05, 0.1) is 12.1 Å². The molecule has 0 radical (unpaired) electrons. The van der Waals surface area contributed by atoms with Crippen LogP contribution in [-0.2, 0) is 6.54 Å². The average molecular weight is 265 g/mol. The predicted molar refractivity (Wildman–Crippen MR) is 77.1 cm³/mol. The summed E-state index contributed by atoms with van der Waals surface area (Å²) in [4.78, 5) is 4.45. The predicted octanol–water partition coefficient (Wildman–Crippen LogP) is 2.15. The molecule has 1 saturated carbocycles. The van der Waals surface area contributed by atoms with E-state index >= 15 is 0 Å². The van der Waals surface area contributed by atoms with Crippen LogP contribution in [0.4, 0.5) is 0 Å². The van der Waals surface area contributed by atoms with Gasteiger partial charge in [0.25, 0.3) is 0 Å². The van der Waals surface area contributed by atoms with Crippen molar-refractivity contribution in [2.45, 2.75) is 64.6 Å². The fraction of sp³-hybridized carbons (Fsp3) is 0.800. The summed E-state index contributed by atoms with van der Waals surface area (Å²) in [6.45, 7) is 9.60. The first-order valence-electron chi connectivity index (χ1n) is 7.38. The van der Waals surface area contributed by atoms with Crippen molar-refractivity contribution in [2.24, 2.45) is 5.92 Å². The van der Waals surface area contributed by atoms with Gasteiger partial charge in [0.1, 0.15) is 5.82 Å². The molecular formula is C15H27N3O. The molecule has 1 aromatic rings. The van der Waals surface area contributed by atoms with Crippen LogP contribution < -0.4 is 5.32 Å². The SMILES string of the molecule is CC(C)NC(CO)(Cn1ccnc1C(C)C)C1CC1. The maximum absolute atomic E-state index is 9.97. The number of nitrogens with one attached hydrogen (secondary N) is 1. The highest BCUT2D eigenvalue weighted by molar-refractivity contribution is 5.06. The summed E-state index contributed by atoms with van der Waals surface area (Å²) < 4.78 is 2.20. The molecule has 4 nitrogen and oxygen atoms in total. The maximum atomic E-state index is 9.97. The van der Waals surface area contributed by atoms with E-state index < -0.39 is 0 Å². The molecule has 1 unspecified atom stereocenters. The number of imidazole rings is 1. The molecule has 1 aliphatic rings. The lowest BCUT2D eigenvalue weighted by atomic mass is 9.92. The minimum atomic E-state index is -0.196. The van der Waals surface area contributed by atoms with Crippen LogP contribution in [-0.4, -0.2) is 32.8 Å². The van der Waals surface area contributed by atoms with E-state index in [2.05, 4.69) is 42.6 Å². The number of hydrogen-bond acceptors (Lipinski definition) is 3. The molecule has 0 saturated heterocycles. The Hall–Kier alpha value is -0.870. The van der Waals surface area contributed by atoms with Crippen LogP contribution in [0.15, 0.2) is 12.4 Å². The molecule has 2 N–H and O–H groups in total. The number of aliphatic hydroxyl groups excluding tert-OH is 1. The second kappa shape index (κ2) is 5.63. The molecule has 0 aliphatic heterocycles. The van der Waals surface area contributed by atoms with Gasteiger partial charge in [0, 0.05) is 30.9 Å². The summed E-state index contributed by atoms with van der Waals surface area (Å²) in [6.07, 6.45) is 6.32. The van der Waals surface area contributed by atoms with E-state index in [4.69, 9.17) is 0 Å². The molecule has 1 atom stereocenters. The van der Waals surface area contributed by atoms with Crippen molar-refractivity contribution >= 4 is 0 Å². The summed E-state index contributed by atoms with van der Waals surface area (Å²) in [5, 5.41) is 13.6. The van der Waals surface area contributed by atoms with E-state index in [1.165, 1.54) is 12.8 Å². The van der Waals surface area contributed by atoms with Crippen molar-refractivity contribution in [3.8, 4) is 0 Å². The summed E-state index contributed by atoms with van der Waals surface area (Å²) in [6, 6.07) is 0.374. The van der Waals surface area contributed by atoms with Crippen LogP contribution in [0, 0.1) is 5.92 Å². The van der Waals surface area contributed by atoms with Gasteiger partial charge in [-0.3, -0.25) is 0 Å². The summed E-state index contributed by atoms with van der Waals surface area (Å²) in [7, 11) is 0. The third-order valence-corrected chi connectivity index (χ3v) is 3.93. The molecule has 1 fully saturated rings. The zero-order valence-electron chi connectivity index (χ0n) is 12.6. The standard InChI is InChI=1S/C15H27N3O/c1-11(2)14-16-7-8-18(14)9-15(10-19,13-5-6-13)17-12(3)4/h7-8,11-13,17,19H,5-6,9-10H2,1-4H3. The Morgan fingerprint density at radius 1 is 1.42 bits per heavy atom. The van der Waals surface area contributed by atoms with E-state index in [0.717, 1.165) is 12.4 Å². The lowest BCUT2D eigenvalue weighted by molar-refractivity contribution is 0.112. The fourth-order valence-corrected chi connectivity index (χ4v) is 2.99. The average Bonchev–Trinajstić information content (AvgIpc) is 3.09. The monoisotopic (exact) mass is 265 g/mol. The van der Waals surface area contributed by atoms with Crippen LogP contribution in [0.2, 0.25) is 0 Å². The van der Waals surface area contributed by atoms with Crippen molar-refractivity contribution in [1.29, 1.82) is 0 Å². The Morgan fingerprint density at radius 3 is 2.58 bits per heavy atom. The van der Waals surface area contributed by atoms with Crippen molar-refractivity contribution in [2.75, 3.05) is 6.61 Å². The molecule has 0 amide bonds. The van der Waals surface area contributed by atoms with Gasteiger partial charge < -0.3 is 15.0 Å². The Bertz CT molecular complexity index is 409. The van der Waals surface area contributed by atoms with E-state index in [-0.39, 0.29) is 12.1 Å². The Kier molecular flexibility index (Phi) is 4.31. The van der Waals surface area contributed by atoms with Crippen molar-refractivity contribution in [3.05, 3.63) is 18.2 Å². The number of aliphatic hydroxyl groups is 1. The van der Waals surface area contributed by atoms with Crippen LogP contribution in [0.1, 0.15) is 52.3 Å². The Labute approximate surface area is 116 Å². The zero-order valence-corrected chi connectivity index (χ0v) is 12.6. The van der Waals surface area contributed by atoms with E-state index in [1.54, 1.807) is 0 Å². The lowest BCUT2D eigenvalue weighted by Crippen LogP contribution is -2.56. The second-order valence-electron chi connectivity index (χ2n) is 6.46. The number of rotatable bonds is 7. The summed E-state index contributed by atoms with van der Waals surface area (Å²) in [5.41, 5.74) is -0.196. The van der Waals surface area contributed by atoms with Gasteiger partial charge in [-0.1, -0.05) is 27.7 Å². The summed E-state index contributed by atoms with van der Waals surface area (Å²) >= 11 is 0. The molecule has 0 bridgehead atoms. The number of aromatic nitrogens is 2. The van der Waals surface area contributed by atoms with Crippen LogP contribution in [0.5, 0.6) is 0 Å². The first kappa shape index (κ1) is 14.5. The molecule has 19 heavy (non-hydrogen) atoms. The third-order valence-electron chi connectivity index (χ3n) is 3.93. The minimum absolute atomic E-state index is 0.186. The van der Waals surface area contributed by atoms with Gasteiger partial charge in [-0.05, 0) is 18.8 Å². The topological polar surface area (TPSA) is 50.1 Å². The quantitative estimate of drug-likeness (QED) is 0.794. The van der Waals surface area contributed by atoms with Gasteiger partial charge in [0.2, 0.25) is 0 Å². The fourth-order valence-electron chi connectivity index (χ4n) is 2.99. The zero-order chi connectivity index (χ0) is 14.0. The highest BCUT2D eigenvalue weighted by Crippen LogP contribution is 2.41. The first-order chi connectivity index (χ1) is 8.98. The highest BCUT2D eigenvalue weighted by atomic mass is 16.3. The minimum Gasteiger partial charge on any atom is -0.394 e. The molecule has 2 rings (SSSR count). The molecule has 1 aromatic heterocycles. The first-order valence-corrected chi connectivity index (χ1v) is 7.38. The Morgan fingerprint density at radius 2 is 2.11 bits per heavy atom. The molecule has 4 heteroatoms. The van der Waals surface area contributed by atoms with Crippen LogP contribution >= 0.6 is 0 Å². The van der Waals surface area contributed by atoms with E-state index in [1.807, 2.05) is 12.4 Å². The van der Waals surface area contributed by atoms with Crippen molar-refractivity contribution < 1.29 is 5.11 Å². The van der Waals surface area contributed by atoms with Crippen LogP contribution in [0.3, 0.4) is 0 Å². The molecule has 1 heterocycles. The Balaban J connectivity index is 2.22. The smallest absolute Gasteiger partial charge is 0.111 e. The van der Waals surface area contributed by atoms with Gasteiger partial charge >= 0.3 is 0 Å². The van der Waals surface area contributed by atoms with Gasteiger partial charge in [-0.15, -0.1) is 0 Å². The van der Waals surface area contributed by atoms with Gasteiger partial charge in [-0.25, -0.2) is 4.98 Å². The van der Waals surface area contributed by atoms with Gasteiger partial charge in [0.15, 0.2) is 0 Å². The highest BCUT2D eigenvalue weighted by Gasteiger charge is 2.45. The molecule has 0 aromatic carbocycles. The summed E-state index contributed by atoms with van der Waals surface area (Å²) in [5.74, 6) is 2.09. The second-order valence-corrected chi connectivity index (χ2v) is 6.46. The van der Waals surface area contributed by atoms with E-state index in [9.17, 15) is 5.11 Å². The largest absolute Gasteiger partial charge is 0.394 e. The van der Waals surface area contributed by atoms with E-state index in [0.29, 0.717) is 17.9 Å². The maximum Gasteiger partial charge on any atom is 0.111 e. The van der Waals surface area contributed by atoms with Gasteiger partial charge in [-0.2, -0.15) is 0 Å². The van der Waals surface area contributed by atoms with Crippen LogP contribution in [0.25, 0.3) is 0 Å². The molecule has 0 spiro atoms. The molecule has 1 aliphatic carbocycles. The molecular weight excluding hydrogens is 238 g/mol. The van der Waals surface area contributed by atoms with Crippen molar-refractivity contribution in [3.63, 3.8) is 0 Å². The van der Waals surface area contributed by atoms with Crippen molar-refractivity contribution in [1.82, 2.24) is 14.9 Å². The number of nitrogens with zero attached hydrogens (tertiary/aromatic N) is 2. The lowest BCUT2D eigenvalue weighted by Gasteiger charge is -2.36. The molecule has 108 valence electrons.